The number of carboxylic acid groups (broad SMARTS) is 1. The summed E-state index contributed by atoms with van der Waals surface area (Å²) in [5, 5.41) is 9.18. The van der Waals surface area contributed by atoms with Crippen molar-refractivity contribution in [1.82, 2.24) is 9.80 Å². The Morgan fingerprint density at radius 2 is 2.11 bits per heavy atom. The number of aliphatic carboxylic acids is 1. The molecule has 18 heavy (non-hydrogen) atoms. The van der Waals surface area contributed by atoms with E-state index in [1.807, 2.05) is 11.8 Å². The van der Waals surface area contributed by atoms with E-state index in [0.29, 0.717) is 19.0 Å². The zero-order valence-electron chi connectivity index (χ0n) is 10.7. The Morgan fingerprint density at radius 1 is 1.33 bits per heavy atom. The van der Waals surface area contributed by atoms with Crippen LogP contribution in [0.25, 0.3) is 0 Å². The van der Waals surface area contributed by atoms with Crippen LogP contribution in [0, 0.1) is 11.8 Å². The molecule has 3 fully saturated rings. The Bertz CT molecular complexity index is 384. The molecule has 3 aliphatic rings. The van der Waals surface area contributed by atoms with Crippen molar-refractivity contribution in [2.45, 2.75) is 38.3 Å². The second-order valence-electron chi connectivity index (χ2n) is 5.94. The van der Waals surface area contributed by atoms with Crippen molar-refractivity contribution < 1.29 is 14.7 Å². The highest BCUT2D eigenvalue weighted by Gasteiger charge is 2.48. The summed E-state index contributed by atoms with van der Waals surface area (Å²) in [4.78, 5) is 27.3. The summed E-state index contributed by atoms with van der Waals surface area (Å²) in [6.07, 6.45) is 2.77. The molecule has 2 unspecified atom stereocenters. The summed E-state index contributed by atoms with van der Waals surface area (Å²) in [6.45, 7) is 4.33. The topological polar surface area (TPSA) is 60.9 Å². The molecule has 0 spiro atoms. The van der Waals surface area contributed by atoms with Crippen LogP contribution < -0.4 is 0 Å². The van der Waals surface area contributed by atoms with E-state index in [-0.39, 0.29) is 23.8 Å². The molecule has 0 aromatic carbocycles. The van der Waals surface area contributed by atoms with Crippen LogP contribution in [0.5, 0.6) is 0 Å². The second kappa shape index (κ2) is 4.23. The lowest BCUT2D eigenvalue weighted by Gasteiger charge is -2.28. The van der Waals surface area contributed by atoms with Crippen molar-refractivity contribution in [1.29, 1.82) is 0 Å². The number of carbonyl (C=O) groups is 2. The number of likely N-dealkylation sites (tertiary alicyclic amines) is 1. The van der Waals surface area contributed by atoms with Crippen LogP contribution in [0.15, 0.2) is 0 Å². The largest absolute Gasteiger partial charge is 0.481 e. The van der Waals surface area contributed by atoms with Gasteiger partial charge in [0.2, 0.25) is 5.91 Å². The summed E-state index contributed by atoms with van der Waals surface area (Å²) >= 11 is 0. The summed E-state index contributed by atoms with van der Waals surface area (Å²) in [6, 6.07) is 0.601. The molecule has 3 aliphatic heterocycles. The van der Waals surface area contributed by atoms with E-state index >= 15 is 0 Å². The molecule has 0 bridgehead atoms. The minimum absolute atomic E-state index is 0.188. The van der Waals surface area contributed by atoms with E-state index in [1.54, 1.807) is 0 Å². The zero-order chi connectivity index (χ0) is 12.9. The van der Waals surface area contributed by atoms with Crippen molar-refractivity contribution in [3.8, 4) is 0 Å². The fourth-order valence-electron chi connectivity index (χ4n) is 3.90. The van der Waals surface area contributed by atoms with E-state index < -0.39 is 5.97 Å². The van der Waals surface area contributed by atoms with Crippen LogP contribution in [-0.4, -0.2) is 58.5 Å². The molecule has 1 N–H and O–H groups in total. The third-order valence-corrected chi connectivity index (χ3v) is 4.87. The molecule has 3 heterocycles. The molecule has 5 heteroatoms. The predicted octanol–water partition coefficient (Wildman–Crippen LogP) is 0.402. The van der Waals surface area contributed by atoms with Crippen LogP contribution in [0.2, 0.25) is 0 Å². The van der Waals surface area contributed by atoms with Gasteiger partial charge in [0.1, 0.15) is 0 Å². The SMILES string of the molecule is C[C@@H]1CN(C2CC(=O)N3CCCC23)C[C@H]1C(=O)O. The molecule has 1 amide bonds. The summed E-state index contributed by atoms with van der Waals surface area (Å²) in [5.41, 5.74) is 0. The molecular formula is C13H20N2O3. The van der Waals surface area contributed by atoms with Crippen molar-refractivity contribution in [3.05, 3.63) is 0 Å². The zero-order valence-corrected chi connectivity index (χ0v) is 10.7. The Labute approximate surface area is 107 Å². The maximum Gasteiger partial charge on any atom is 0.308 e. The molecule has 0 radical (unpaired) electrons. The standard InChI is InChI=1S/C13H20N2O3/c1-8-6-14(7-9(8)13(17)18)11-5-12(16)15-4-2-3-10(11)15/h8-11H,2-7H2,1H3,(H,17,18)/t8-,9-,10?,11?/m1/s1. The van der Waals surface area contributed by atoms with Gasteiger partial charge >= 0.3 is 5.97 Å². The highest BCUT2D eigenvalue weighted by molar-refractivity contribution is 5.80. The summed E-state index contributed by atoms with van der Waals surface area (Å²) < 4.78 is 0. The van der Waals surface area contributed by atoms with Crippen LogP contribution in [0.3, 0.4) is 0 Å². The van der Waals surface area contributed by atoms with E-state index in [0.717, 1.165) is 25.9 Å². The van der Waals surface area contributed by atoms with Gasteiger partial charge in [-0.05, 0) is 18.8 Å². The van der Waals surface area contributed by atoms with E-state index in [2.05, 4.69) is 4.90 Å². The molecule has 0 aromatic rings. The Kier molecular flexibility index (Phi) is 2.81. The number of nitrogens with zero attached hydrogens (tertiary/aromatic N) is 2. The lowest BCUT2D eigenvalue weighted by molar-refractivity contribution is -0.142. The van der Waals surface area contributed by atoms with Gasteiger partial charge in [-0.3, -0.25) is 14.5 Å². The monoisotopic (exact) mass is 252 g/mol. The van der Waals surface area contributed by atoms with Crippen molar-refractivity contribution in [3.63, 3.8) is 0 Å². The summed E-state index contributed by atoms with van der Waals surface area (Å²) in [5.74, 6) is -0.518. The molecular weight excluding hydrogens is 232 g/mol. The maximum absolute atomic E-state index is 11.9. The van der Waals surface area contributed by atoms with Gasteiger partial charge in [0.15, 0.2) is 0 Å². The lowest BCUT2D eigenvalue weighted by atomic mass is 9.99. The highest BCUT2D eigenvalue weighted by Crippen LogP contribution is 2.36. The number of amides is 1. The minimum atomic E-state index is -0.697. The Hall–Kier alpha value is -1.10. The highest BCUT2D eigenvalue weighted by atomic mass is 16.4. The van der Waals surface area contributed by atoms with Crippen LogP contribution in [-0.2, 0) is 9.59 Å². The average molecular weight is 252 g/mol. The molecule has 100 valence electrons. The van der Waals surface area contributed by atoms with Crippen molar-refractivity contribution in [2.24, 2.45) is 11.8 Å². The van der Waals surface area contributed by atoms with Gasteiger partial charge in [0.25, 0.3) is 0 Å². The number of rotatable bonds is 2. The van der Waals surface area contributed by atoms with Crippen molar-refractivity contribution in [2.75, 3.05) is 19.6 Å². The smallest absolute Gasteiger partial charge is 0.308 e. The molecule has 5 nitrogen and oxygen atoms in total. The first-order chi connectivity index (χ1) is 8.58. The molecule has 0 saturated carbocycles. The number of carboxylic acids is 1. The third-order valence-electron chi connectivity index (χ3n) is 4.87. The van der Waals surface area contributed by atoms with Gasteiger partial charge in [-0.25, -0.2) is 0 Å². The van der Waals surface area contributed by atoms with Gasteiger partial charge in [-0.1, -0.05) is 6.92 Å². The third kappa shape index (κ3) is 1.72. The fourth-order valence-corrected chi connectivity index (χ4v) is 3.90. The van der Waals surface area contributed by atoms with Crippen LogP contribution in [0.4, 0.5) is 0 Å². The van der Waals surface area contributed by atoms with Gasteiger partial charge in [0.05, 0.1) is 5.92 Å². The Balaban J connectivity index is 1.73. The lowest BCUT2D eigenvalue weighted by Crippen LogP contribution is -2.42. The normalized spacial score (nSPS) is 40.5. The van der Waals surface area contributed by atoms with Gasteiger partial charge in [0, 0.05) is 38.1 Å². The molecule has 3 rings (SSSR count). The van der Waals surface area contributed by atoms with E-state index in [9.17, 15) is 14.7 Å². The van der Waals surface area contributed by atoms with Gasteiger partial charge < -0.3 is 10.0 Å². The average Bonchev–Trinajstić information content (AvgIpc) is 2.95. The van der Waals surface area contributed by atoms with Crippen molar-refractivity contribution >= 4 is 11.9 Å². The number of carbonyl (C=O) groups excluding carboxylic acids is 1. The molecule has 0 aliphatic carbocycles. The minimum Gasteiger partial charge on any atom is -0.481 e. The van der Waals surface area contributed by atoms with Crippen LogP contribution >= 0.6 is 0 Å². The Morgan fingerprint density at radius 3 is 2.78 bits per heavy atom. The second-order valence-corrected chi connectivity index (χ2v) is 5.94. The van der Waals surface area contributed by atoms with E-state index in [1.165, 1.54) is 0 Å². The summed E-state index contributed by atoms with van der Waals surface area (Å²) in [7, 11) is 0. The predicted molar refractivity (Wildman–Crippen MR) is 65.0 cm³/mol. The number of hydrogen-bond donors (Lipinski definition) is 1. The first-order valence-corrected chi connectivity index (χ1v) is 6.84. The fraction of sp³-hybridized carbons (Fsp3) is 0.846. The molecule has 4 atom stereocenters. The van der Waals surface area contributed by atoms with Gasteiger partial charge in [-0.2, -0.15) is 0 Å². The number of fused-ring (bicyclic) bond motifs is 1. The van der Waals surface area contributed by atoms with Gasteiger partial charge in [-0.15, -0.1) is 0 Å². The first-order valence-electron chi connectivity index (χ1n) is 6.84. The molecule has 0 aromatic heterocycles. The first kappa shape index (κ1) is 12.0. The molecule has 3 saturated heterocycles. The van der Waals surface area contributed by atoms with Crippen LogP contribution in [0.1, 0.15) is 26.2 Å². The van der Waals surface area contributed by atoms with E-state index in [4.69, 9.17) is 0 Å². The number of hydrogen-bond acceptors (Lipinski definition) is 3. The quantitative estimate of drug-likeness (QED) is 0.773. The maximum atomic E-state index is 11.9.